The summed E-state index contributed by atoms with van der Waals surface area (Å²) < 4.78 is 5.53. The maximum Gasteiger partial charge on any atom is 0.185 e. The first-order valence-electron chi connectivity index (χ1n) is 7.75. The van der Waals surface area contributed by atoms with Gasteiger partial charge in [-0.15, -0.1) is 11.3 Å². The van der Waals surface area contributed by atoms with E-state index < -0.39 is 0 Å². The van der Waals surface area contributed by atoms with Crippen LogP contribution in [0.1, 0.15) is 44.2 Å². The third-order valence-corrected chi connectivity index (χ3v) is 4.58. The molecule has 1 aromatic heterocycles. The number of rotatable bonds is 6. The number of thiazole rings is 1. The second-order valence-electron chi connectivity index (χ2n) is 5.60. The van der Waals surface area contributed by atoms with Crippen molar-refractivity contribution < 1.29 is 4.74 Å². The van der Waals surface area contributed by atoms with Crippen LogP contribution < -0.4 is 10.2 Å². The molecule has 114 valence electrons. The number of anilines is 1. The van der Waals surface area contributed by atoms with Gasteiger partial charge in [0.25, 0.3) is 0 Å². The van der Waals surface area contributed by atoms with E-state index >= 15 is 0 Å². The summed E-state index contributed by atoms with van der Waals surface area (Å²) in [7, 11) is 0. The fourth-order valence-electron chi connectivity index (χ4n) is 2.31. The van der Waals surface area contributed by atoms with E-state index in [0.29, 0.717) is 6.04 Å². The average Bonchev–Trinajstić information content (AvgIpc) is 2.64. The van der Waals surface area contributed by atoms with Gasteiger partial charge in [-0.05, 0) is 12.8 Å². The number of ether oxygens (including phenoxy) is 1. The Kier molecular flexibility index (Phi) is 6.26. The SMILES string of the molecule is CCCc1nc(N2CCCOCC2)sc1CNC(C)C. The number of nitrogens with one attached hydrogen (secondary N) is 1. The van der Waals surface area contributed by atoms with Crippen molar-refractivity contribution in [2.24, 2.45) is 0 Å². The largest absolute Gasteiger partial charge is 0.380 e. The predicted molar refractivity (Wildman–Crippen MR) is 85.7 cm³/mol. The van der Waals surface area contributed by atoms with Crippen LogP contribution in [0.25, 0.3) is 0 Å². The fourth-order valence-corrected chi connectivity index (χ4v) is 3.42. The molecule has 5 heteroatoms. The topological polar surface area (TPSA) is 37.4 Å². The number of nitrogens with zero attached hydrogens (tertiary/aromatic N) is 2. The van der Waals surface area contributed by atoms with E-state index in [-0.39, 0.29) is 0 Å². The van der Waals surface area contributed by atoms with Crippen LogP contribution in [0.3, 0.4) is 0 Å². The van der Waals surface area contributed by atoms with Crippen molar-refractivity contribution in [1.29, 1.82) is 0 Å². The van der Waals surface area contributed by atoms with E-state index in [4.69, 9.17) is 9.72 Å². The van der Waals surface area contributed by atoms with Crippen molar-refractivity contribution in [2.45, 2.75) is 52.6 Å². The molecular weight excluding hydrogens is 270 g/mol. The van der Waals surface area contributed by atoms with E-state index in [0.717, 1.165) is 52.1 Å². The van der Waals surface area contributed by atoms with Crippen molar-refractivity contribution in [3.63, 3.8) is 0 Å². The van der Waals surface area contributed by atoms with Crippen LogP contribution in [0.2, 0.25) is 0 Å². The number of hydrogen-bond donors (Lipinski definition) is 1. The Hall–Kier alpha value is -0.650. The fraction of sp³-hybridized carbons (Fsp3) is 0.800. The first-order valence-corrected chi connectivity index (χ1v) is 8.57. The molecule has 1 aliphatic heterocycles. The van der Waals surface area contributed by atoms with Gasteiger partial charge < -0.3 is 15.0 Å². The molecule has 1 fully saturated rings. The zero-order valence-corrected chi connectivity index (χ0v) is 13.8. The maximum atomic E-state index is 5.53. The highest BCUT2D eigenvalue weighted by Crippen LogP contribution is 2.28. The molecule has 1 N–H and O–H groups in total. The van der Waals surface area contributed by atoms with Crippen LogP contribution in [0, 0.1) is 0 Å². The molecule has 20 heavy (non-hydrogen) atoms. The Bertz CT molecular complexity index is 398. The molecule has 4 nitrogen and oxygen atoms in total. The molecule has 0 spiro atoms. The average molecular weight is 297 g/mol. The molecule has 0 saturated carbocycles. The van der Waals surface area contributed by atoms with Crippen molar-refractivity contribution in [1.82, 2.24) is 10.3 Å². The summed E-state index contributed by atoms with van der Waals surface area (Å²) in [5.41, 5.74) is 1.28. The van der Waals surface area contributed by atoms with E-state index in [2.05, 4.69) is 31.0 Å². The van der Waals surface area contributed by atoms with Gasteiger partial charge in [-0.2, -0.15) is 0 Å². The quantitative estimate of drug-likeness (QED) is 0.876. The minimum Gasteiger partial charge on any atom is -0.380 e. The van der Waals surface area contributed by atoms with Crippen LogP contribution in [0.15, 0.2) is 0 Å². The van der Waals surface area contributed by atoms with Gasteiger partial charge in [0, 0.05) is 37.2 Å². The van der Waals surface area contributed by atoms with Gasteiger partial charge in [0.1, 0.15) is 0 Å². The van der Waals surface area contributed by atoms with Crippen molar-refractivity contribution in [2.75, 3.05) is 31.2 Å². The van der Waals surface area contributed by atoms with E-state index in [1.165, 1.54) is 15.7 Å². The van der Waals surface area contributed by atoms with Gasteiger partial charge in [0.05, 0.1) is 12.3 Å². The molecule has 0 bridgehead atoms. The highest BCUT2D eigenvalue weighted by Gasteiger charge is 2.17. The van der Waals surface area contributed by atoms with Crippen molar-refractivity contribution in [3.05, 3.63) is 10.6 Å². The van der Waals surface area contributed by atoms with Gasteiger partial charge in [0.15, 0.2) is 5.13 Å². The minimum absolute atomic E-state index is 0.515. The molecule has 1 saturated heterocycles. The zero-order chi connectivity index (χ0) is 14.4. The molecule has 0 amide bonds. The molecule has 0 aromatic carbocycles. The van der Waals surface area contributed by atoms with E-state index in [1.54, 1.807) is 0 Å². The summed E-state index contributed by atoms with van der Waals surface area (Å²) in [5, 5.41) is 4.70. The highest BCUT2D eigenvalue weighted by molar-refractivity contribution is 7.15. The third kappa shape index (κ3) is 4.43. The predicted octanol–water partition coefficient (Wildman–Crippen LogP) is 2.82. The lowest BCUT2D eigenvalue weighted by Crippen LogP contribution is -2.25. The van der Waals surface area contributed by atoms with Gasteiger partial charge in [-0.3, -0.25) is 0 Å². The first-order chi connectivity index (χ1) is 9.70. The normalized spacial score (nSPS) is 16.7. The maximum absolute atomic E-state index is 5.53. The molecule has 0 unspecified atom stereocenters. The van der Waals surface area contributed by atoms with Crippen molar-refractivity contribution in [3.8, 4) is 0 Å². The first kappa shape index (κ1) is 15.7. The van der Waals surface area contributed by atoms with Crippen molar-refractivity contribution >= 4 is 16.5 Å². The molecule has 0 radical (unpaired) electrons. The summed E-state index contributed by atoms with van der Waals surface area (Å²) in [4.78, 5) is 8.68. The van der Waals surface area contributed by atoms with Gasteiger partial charge in [-0.1, -0.05) is 27.2 Å². The number of aromatic nitrogens is 1. The molecule has 1 aliphatic rings. The molecule has 2 heterocycles. The monoisotopic (exact) mass is 297 g/mol. The number of aryl methyl sites for hydroxylation is 1. The van der Waals surface area contributed by atoms with Gasteiger partial charge in [0.2, 0.25) is 0 Å². The van der Waals surface area contributed by atoms with E-state index in [9.17, 15) is 0 Å². The standard InChI is InChI=1S/C15H27N3OS/c1-4-6-13-14(11-16-12(2)3)20-15(17-13)18-7-5-9-19-10-8-18/h12,16H,4-11H2,1-3H3. The Morgan fingerprint density at radius 2 is 2.20 bits per heavy atom. The Balaban J connectivity index is 2.09. The lowest BCUT2D eigenvalue weighted by Gasteiger charge is -2.17. The summed E-state index contributed by atoms with van der Waals surface area (Å²) in [6, 6.07) is 0.515. The Labute approximate surface area is 126 Å². The number of hydrogen-bond acceptors (Lipinski definition) is 5. The molecule has 0 aliphatic carbocycles. The summed E-state index contributed by atoms with van der Waals surface area (Å²) in [6.45, 7) is 11.3. The summed E-state index contributed by atoms with van der Waals surface area (Å²) in [6.07, 6.45) is 3.33. The Morgan fingerprint density at radius 3 is 2.95 bits per heavy atom. The van der Waals surface area contributed by atoms with E-state index in [1.807, 2.05) is 11.3 Å². The van der Waals surface area contributed by atoms with Gasteiger partial charge in [-0.25, -0.2) is 4.98 Å². The highest BCUT2D eigenvalue weighted by atomic mass is 32.1. The molecule has 0 atom stereocenters. The van der Waals surface area contributed by atoms with Gasteiger partial charge >= 0.3 is 0 Å². The lowest BCUT2D eigenvalue weighted by molar-refractivity contribution is 0.152. The molecule has 1 aromatic rings. The Morgan fingerprint density at radius 1 is 1.35 bits per heavy atom. The van der Waals surface area contributed by atoms with Crippen LogP contribution in [0.5, 0.6) is 0 Å². The second kappa shape index (κ2) is 7.96. The lowest BCUT2D eigenvalue weighted by atomic mass is 10.2. The third-order valence-electron chi connectivity index (χ3n) is 3.42. The van der Waals surface area contributed by atoms with Crippen LogP contribution in [-0.2, 0) is 17.7 Å². The second-order valence-corrected chi connectivity index (χ2v) is 6.67. The van der Waals surface area contributed by atoms with Crippen LogP contribution >= 0.6 is 11.3 Å². The molecule has 2 rings (SSSR count). The zero-order valence-electron chi connectivity index (χ0n) is 12.9. The minimum atomic E-state index is 0.515. The summed E-state index contributed by atoms with van der Waals surface area (Å²) >= 11 is 1.85. The molecular formula is C15H27N3OS. The van der Waals surface area contributed by atoms with Crippen LogP contribution in [-0.4, -0.2) is 37.3 Å². The van der Waals surface area contributed by atoms with Crippen LogP contribution in [0.4, 0.5) is 5.13 Å². The smallest absolute Gasteiger partial charge is 0.185 e. The summed E-state index contributed by atoms with van der Waals surface area (Å²) in [5.74, 6) is 0.